The molecule has 1 fully saturated rings. The summed E-state index contributed by atoms with van der Waals surface area (Å²) in [6.07, 6.45) is -6.67. The Labute approximate surface area is 150 Å². The molecule has 1 aromatic carbocycles. The third-order valence-electron chi connectivity index (χ3n) is 4.21. The van der Waals surface area contributed by atoms with Crippen molar-refractivity contribution in [2.24, 2.45) is 0 Å². The number of hydrogen-bond acceptors (Lipinski definition) is 4. The standard InChI is InChI=1S/C17H16F5N3O2/c18-16(19)7-8-24(10-16)14-9-15(27)25(11-1-3-12(26)4-2-11)13(23-14)5-6-17(20,21)22/h1-4,9,26H,5-8,10H2. The summed E-state index contributed by atoms with van der Waals surface area (Å²) in [4.78, 5) is 17.8. The number of phenols is 1. The smallest absolute Gasteiger partial charge is 0.389 e. The van der Waals surface area contributed by atoms with Crippen LogP contribution >= 0.6 is 0 Å². The molecule has 0 unspecified atom stereocenters. The largest absolute Gasteiger partial charge is 0.508 e. The van der Waals surface area contributed by atoms with Crippen LogP contribution in [-0.2, 0) is 6.42 Å². The highest BCUT2D eigenvalue weighted by Gasteiger charge is 2.39. The molecule has 1 N–H and O–H groups in total. The van der Waals surface area contributed by atoms with E-state index in [1.807, 2.05) is 0 Å². The van der Waals surface area contributed by atoms with E-state index >= 15 is 0 Å². The minimum atomic E-state index is -4.46. The maximum Gasteiger partial charge on any atom is 0.389 e. The molecule has 0 spiro atoms. The van der Waals surface area contributed by atoms with Gasteiger partial charge < -0.3 is 10.0 Å². The Bertz CT molecular complexity index is 878. The van der Waals surface area contributed by atoms with Gasteiger partial charge in [0, 0.05) is 25.5 Å². The molecule has 0 bridgehead atoms. The van der Waals surface area contributed by atoms with E-state index in [1.165, 1.54) is 29.2 Å². The number of aromatic nitrogens is 2. The Hall–Kier alpha value is -2.65. The van der Waals surface area contributed by atoms with E-state index in [4.69, 9.17) is 0 Å². The first kappa shape index (κ1) is 19.1. The number of aryl methyl sites for hydroxylation is 1. The van der Waals surface area contributed by atoms with Gasteiger partial charge in [0.1, 0.15) is 17.4 Å². The highest BCUT2D eigenvalue weighted by atomic mass is 19.4. The predicted molar refractivity (Wildman–Crippen MR) is 87.7 cm³/mol. The average Bonchev–Trinajstić information content (AvgIpc) is 2.93. The molecule has 1 aromatic heterocycles. The molecule has 0 amide bonds. The second-order valence-corrected chi connectivity index (χ2v) is 6.36. The highest BCUT2D eigenvalue weighted by Crippen LogP contribution is 2.30. The number of benzene rings is 1. The summed E-state index contributed by atoms with van der Waals surface area (Å²) in [5.41, 5.74) is -0.459. The van der Waals surface area contributed by atoms with Gasteiger partial charge in [-0.25, -0.2) is 13.8 Å². The zero-order valence-corrected chi connectivity index (χ0v) is 14.0. The molecular weight excluding hydrogens is 373 g/mol. The molecule has 10 heteroatoms. The molecule has 27 heavy (non-hydrogen) atoms. The van der Waals surface area contributed by atoms with E-state index < -0.39 is 43.5 Å². The lowest BCUT2D eigenvalue weighted by Crippen LogP contribution is -2.30. The molecular formula is C17H16F5N3O2. The lowest BCUT2D eigenvalue weighted by atomic mass is 10.2. The molecule has 1 saturated heterocycles. The van der Waals surface area contributed by atoms with Gasteiger partial charge in [-0.15, -0.1) is 0 Å². The Morgan fingerprint density at radius 3 is 2.41 bits per heavy atom. The monoisotopic (exact) mass is 389 g/mol. The van der Waals surface area contributed by atoms with Crippen LogP contribution in [0.2, 0.25) is 0 Å². The fourth-order valence-electron chi connectivity index (χ4n) is 2.91. The second kappa shape index (κ2) is 6.82. The molecule has 0 saturated carbocycles. The fraction of sp³-hybridized carbons (Fsp3) is 0.412. The third kappa shape index (κ3) is 4.55. The molecule has 1 aliphatic heterocycles. The van der Waals surface area contributed by atoms with Crippen molar-refractivity contribution >= 4 is 5.82 Å². The molecule has 2 aromatic rings. The van der Waals surface area contributed by atoms with E-state index in [2.05, 4.69) is 4.98 Å². The van der Waals surface area contributed by atoms with Crippen LogP contribution in [0.5, 0.6) is 5.75 Å². The van der Waals surface area contributed by atoms with E-state index in [0.29, 0.717) is 0 Å². The lowest BCUT2D eigenvalue weighted by molar-refractivity contribution is -0.134. The van der Waals surface area contributed by atoms with Crippen molar-refractivity contribution in [2.45, 2.75) is 31.4 Å². The normalized spacial score (nSPS) is 16.7. The quantitative estimate of drug-likeness (QED) is 0.816. The number of alkyl halides is 5. The molecule has 2 heterocycles. The maximum atomic E-state index is 13.4. The molecule has 5 nitrogen and oxygen atoms in total. The number of halogens is 5. The highest BCUT2D eigenvalue weighted by molar-refractivity contribution is 5.44. The van der Waals surface area contributed by atoms with Crippen molar-refractivity contribution in [2.75, 3.05) is 18.0 Å². The number of nitrogens with zero attached hydrogens (tertiary/aromatic N) is 3. The summed E-state index contributed by atoms with van der Waals surface area (Å²) in [5.74, 6) is -3.26. The van der Waals surface area contributed by atoms with Crippen molar-refractivity contribution in [3.05, 3.63) is 46.5 Å². The van der Waals surface area contributed by atoms with Crippen molar-refractivity contribution in [1.29, 1.82) is 0 Å². The zero-order chi connectivity index (χ0) is 19.8. The van der Waals surface area contributed by atoms with Crippen LogP contribution in [-0.4, -0.2) is 39.8 Å². The van der Waals surface area contributed by atoms with Crippen molar-refractivity contribution < 1.29 is 27.1 Å². The summed E-state index contributed by atoms with van der Waals surface area (Å²) in [6.45, 7) is -0.678. The molecule has 0 radical (unpaired) electrons. The van der Waals surface area contributed by atoms with Crippen LogP contribution in [0.25, 0.3) is 5.69 Å². The number of anilines is 1. The minimum absolute atomic E-state index is 0.0403. The topological polar surface area (TPSA) is 58.4 Å². The van der Waals surface area contributed by atoms with E-state index in [9.17, 15) is 31.9 Å². The maximum absolute atomic E-state index is 13.4. The molecule has 3 rings (SSSR count). The van der Waals surface area contributed by atoms with Crippen molar-refractivity contribution in [3.8, 4) is 11.4 Å². The van der Waals surface area contributed by atoms with Crippen LogP contribution in [0.4, 0.5) is 27.8 Å². The SMILES string of the molecule is O=c1cc(N2CCC(F)(F)C2)nc(CCC(F)(F)F)n1-c1ccc(O)cc1. The van der Waals surface area contributed by atoms with E-state index in [1.54, 1.807) is 0 Å². The van der Waals surface area contributed by atoms with Crippen molar-refractivity contribution in [1.82, 2.24) is 9.55 Å². The van der Waals surface area contributed by atoms with Crippen LogP contribution in [0.3, 0.4) is 0 Å². The molecule has 1 aliphatic rings. The Kier molecular flexibility index (Phi) is 4.83. The van der Waals surface area contributed by atoms with Gasteiger partial charge in [0.25, 0.3) is 11.5 Å². The molecule has 0 atom stereocenters. The Balaban J connectivity index is 2.04. The van der Waals surface area contributed by atoms with Gasteiger partial charge in [0.2, 0.25) is 0 Å². The summed E-state index contributed by atoms with van der Waals surface area (Å²) in [7, 11) is 0. The number of aromatic hydroxyl groups is 1. The summed E-state index contributed by atoms with van der Waals surface area (Å²) in [6, 6.07) is 6.32. The first-order valence-corrected chi connectivity index (χ1v) is 8.16. The lowest BCUT2D eigenvalue weighted by Gasteiger charge is -2.20. The fourth-order valence-corrected chi connectivity index (χ4v) is 2.91. The van der Waals surface area contributed by atoms with Gasteiger partial charge in [-0.2, -0.15) is 13.2 Å². The van der Waals surface area contributed by atoms with Crippen LogP contribution in [0, 0.1) is 0 Å². The average molecular weight is 389 g/mol. The first-order valence-electron chi connectivity index (χ1n) is 8.16. The minimum Gasteiger partial charge on any atom is -0.508 e. The van der Waals surface area contributed by atoms with Gasteiger partial charge >= 0.3 is 6.18 Å². The summed E-state index contributed by atoms with van der Waals surface area (Å²) >= 11 is 0. The number of hydrogen-bond donors (Lipinski definition) is 1. The third-order valence-corrected chi connectivity index (χ3v) is 4.21. The first-order chi connectivity index (χ1) is 12.5. The van der Waals surface area contributed by atoms with Gasteiger partial charge in [-0.05, 0) is 24.3 Å². The van der Waals surface area contributed by atoms with Gasteiger partial charge in [0.05, 0.1) is 18.7 Å². The van der Waals surface area contributed by atoms with Gasteiger partial charge in [-0.1, -0.05) is 0 Å². The summed E-state index contributed by atoms with van der Waals surface area (Å²) in [5, 5.41) is 9.36. The van der Waals surface area contributed by atoms with E-state index in [0.717, 1.165) is 10.6 Å². The predicted octanol–water partition coefficient (Wildman–Crippen LogP) is 3.28. The van der Waals surface area contributed by atoms with E-state index in [-0.39, 0.29) is 29.6 Å². The molecule has 146 valence electrons. The van der Waals surface area contributed by atoms with Crippen LogP contribution < -0.4 is 10.5 Å². The Morgan fingerprint density at radius 1 is 1.19 bits per heavy atom. The van der Waals surface area contributed by atoms with Gasteiger partial charge in [-0.3, -0.25) is 9.36 Å². The van der Waals surface area contributed by atoms with Crippen molar-refractivity contribution in [3.63, 3.8) is 0 Å². The zero-order valence-electron chi connectivity index (χ0n) is 14.0. The van der Waals surface area contributed by atoms with Gasteiger partial charge in [0.15, 0.2) is 0 Å². The Morgan fingerprint density at radius 2 is 1.85 bits per heavy atom. The van der Waals surface area contributed by atoms with Crippen LogP contribution in [0.1, 0.15) is 18.7 Å². The molecule has 0 aliphatic carbocycles. The second-order valence-electron chi connectivity index (χ2n) is 6.36. The number of phenolic OH excluding ortho intramolecular Hbond substituents is 1. The number of rotatable bonds is 4. The van der Waals surface area contributed by atoms with Crippen LogP contribution in [0.15, 0.2) is 35.1 Å². The summed E-state index contributed by atoms with van der Waals surface area (Å²) < 4.78 is 65.9.